The lowest BCUT2D eigenvalue weighted by atomic mass is 10.0. The largest absolute Gasteiger partial charge is 0.452 e. The van der Waals surface area contributed by atoms with E-state index in [1.54, 1.807) is 6.07 Å². The highest BCUT2D eigenvalue weighted by Gasteiger charge is 2.20. The van der Waals surface area contributed by atoms with Crippen LogP contribution in [0, 0.1) is 0 Å². The van der Waals surface area contributed by atoms with Gasteiger partial charge in [-0.15, -0.1) is 0 Å². The number of nitrogen functional groups attached to an aromatic ring is 1. The van der Waals surface area contributed by atoms with E-state index in [0.29, 0.717) is 16.8 Å². The molecule has 0 fully saturated rings. The van der Waals surface area contributed by atoms with Crippen molar-refractivity contribution in [3.8, 4) is 22.4 Å². The van der Waals surface area contributed by atoms with E-state index in [2.05, 4.69) is 21.1 Å². The molecule has 0 aliphatic carbocycles. The topological polar surface area (TPSA) is 65.2 Å². The minimum atomic E-state index is 0.245. The number of aromatic nitrogens is 1. The smallest absolute Gasteiger partial charge is 0.230 e. The van der Waals surface area contributed by atoms with Crippen LogP contribution in [-0.2, 0) is 0 Å². The van der Waals surface area contributed by atoms with Gasteiger partial charge in [-0.3, -0.25) is 0 Å². The second-order valence-corrected chi connectivity index (χ2v) is 5.14. The Hall–Kier alpha value is -1.72. The van der Waals surface area contributed by atoms with Crippen LogP contribution in [0.5, 0.6) is 0 Å². The summed E-state index contributed by atoms with van der Waals surface area (Å²) in [7, 11) is 0. The maximum atomic E-state index is 5.97. The maximum absolute atomic E-state index is 5.97. The number of benzene rings is 1. The highest BCUT2D eigenvalue weighted by molar-refractivity contribution is 9.10. The van der Waals surface area contributed by atoms with Crippen molar-refractivity contribution in [3.05, 3.63) is 46.3 Å². The summed E-state index contributed by atoms with van der Waals surface area (Å²) in [5.74, 6) is 0.245. The molecule has 3 aromatic rings. The van der Waals surface area contributed by atoms with Gasteiger partial charge < -0.3 is 14.7 Å². The summed E-state index contributed by atoms with van der Waals surface area (Å²) in [4.78, 5) is 0. The van der Waals surface area contributed by atoms with Gasteiger partial charge in [0.1, 0.15) is 5.69 Å². The molecule has 0 amide bonds. The molecule has 0 radical (unpaired) electrons. The Morgan fingerprint density at radius 1 is 1.16 bits per heavy atom. The number of nitrogens with zero attached hydrogens (tertiary/aromatic N) is 1. The number of halogens is 2. The molecule has 0 unspecified atom stereocenters. The third-order valence-electron chi connectivity index (χ3n) is 2.72. The standard InChI is InChI=1S/C13H8BrClN2O2/c14-8-3-1-7(2-4-8)10-11(17-19-13(10)16)9-5-6-18-12(9)15/h1-6H,16H2. The predicted octanol–water partition coefficient (Wildman–Crippen LogP) is 4.60. The van der Waals surface area contributed by atoms with Gasteiger partial charge in [-0.2, -0.15) is 0 Å². The van der Waals surface area contributed by atoms with Crippen molar-refractivity contribution in [2.24, 2.45) is 0 Å². The molecule has 0 aliphatic rings. The zero-order valence-corrected chi connectivity index (χ0v) is 11.9. The van der Waals surface area contributed by atoms with Crippen molar-refractivity contribution in [3.63, 3.8) is 0 Å². The molecule has 2 N–H and O–H groups in total. The Morgan fingerprint density at radius 2 is 1.89 bits per heavy atom. The third kappa shape index (κ3) is 2.15. The lowest BCUT2D eigenvalue weighted by Crippen LogP contribution is -1.87. The van der Waals surface area contributed by atoms with E-state index in [-0.39, 0.29) is 11.1 Å². The molecule has 0 spiro atoms. The van der Waals surface area contributed by atoms with Crippen LogP contribution in [0.15, 0.2) is 50.0 Å². The van der Waals surface area contributed by atoms with Gasteiger partial charge in [0.25, 0.3) is 0 Å². The summed E-state index contributed by atoms with van der Waals surface area (Å²) in [5, 5.41) is 4.22. The fourth-order valence-electron chi connectivity index (χ4n) is 1.85. The number of anilines is 1. The van der Waals surface area contributed by atoms with Crippen molar-refractivity contribution >= 4 is 33.4 Å². The van der Waals surface area contributed by atoms with Gasteiger partial charge in [-0.05, 0) is 35.4 Å². The SMILES string of the molecule is Nc1onc(-c2ccoc2Cl)c1-c1ccc(Br)cc1. The zero-order chi connectivity index (χ0) is 13.4. The van der Waals surface area contributed by atoms with Crippen molar-refractivity contribution in [1.29, 1.82) is 0 Å². The van der Waals surface area contributed by atoms with Crippen LogP contribution in [0.4, 0.5) is 5.88 Å². The monoisotopic (exact) mass is 338 g/mol. The Balaban J connectivity index is 2.19. The molecule has 0 aliphatic heterocycles. The molecule has 19 heavy (non-hydrogen) atoms. The fourth-order valence-corrected chi connectivity index (χ4v) is 2.31. The van der Waals surface area contributed by atoms with Crippen molar-refractivity contribution in [1.82, 2.24) is 5.16 Å². The lowest BCUT2D eigenvalue weighted by Gasteiger charge is -2.01. The van der Waals surface area contributed by atoms with Crippen molar-refractivity contribution in [2.75, 3.05) is 5.73 Å². The summed E-state index contributed by atoms with van der Waals surface area (Å²) in [6.45, 7) is 0. The van der Waals surface area contributed by atoms with Gasteiger partial charge >= 0.3 is 0 Å². The van der Waals surface area contributed by atoms with E-state index in [1.165, 1.54) is 6.26 Å². The number of rotatable bonds is 2. The first-order valence-electron chi connectivity index (χ1n) is 5.41. The third-order valence-corrected chi connectivity index (χ3v) is 3.55. The van der Waals surface area contributed by atoms with E-state index in [4.69, 9.17) is 26.3 Å². The summed E-state index contributed by atoms with van der Waals surface area (Å²) in [6.07, 6.45) is 1.49. The molecule has 6 heteroatoms. The Morgan fingerprint density at radius 3 is 2.53 bits per heavy atom. The Kier molecular flexibility index (Phi) is 3.08. The second-order valence-electron chi connectivity index (χ2n) is 3.89. The second kappa shape index (κ2) is 4.75. The van der Waals surface area contributed by atoms with Crippen molar-refractivity contribution in [2.45, 2.75) is 0 Å². The van der Waals surface area contributed by atoms with Gasteiger partial charge in [0.15, 0.2) is 0 Å². The van der Waals surface area contributed by atoms with Crippen molar-refractivity contribution < 1.29 is 8.94 Å². The number of hydrogen-bond acceptors (Lipinski definition) is 4. The highest BCUT2D eigenvalue weighted by Crippen LogP contribution is 2.39. The van der Waals surface area contributed by atoms with E-state index in [9.17, 15) is 0 Å². The normalized spacial score (nSPS) is 10.8. The highest BCUT2D eigenvalue weighted by atomic mass is 79.9. The van der Waals surface area contributed by atoms with Crippen LogP contribution in [-0.4, -0.2) is 5.16 Å². The fraction of sp³-hybridized carbons (Fsp3) is 0. The average Bonchev–Trinajstić information content (AvgIpc) is 2.97. The maximum Gasteiger partial charge on any atom is 0.230 e. The van der Waals surface area contributed by atoms with Crippen LogP contribution in [0.25, 0.3) is 22.4 Å². The molecule has 2 aromatic heterocycles. The molecule has 0 saturated heterocycles. The predicted molar refractivity (Wildman–Crippen MR) is 76.8 cm³/mol. The number of nitrogens with two attached hydrogens (primary N) is 1. The molecule has 3 rings (SSSR count). The summed E-state index contributed by atoms with van der Waals surface area (Å²) in [6, 6.07) is 9.40. The molecule has 0 atom stereocenters. The summed E-state index contributed by atoms with van der Waals surface area (Å²) >= 11 is 9.36. The minimum Gasteiger partial charge on any atom is -0.452 e. The Labute approximate surface area is 122 Å². The van der Waals surface area contributed by atoms with Gasteiger partial charge in [-0.1, -0.05) is 33.2 Å². The quantitative estimate of drug-likeness (QED) is 0.741. The van der Waals surface area contributed by atoms with Crippen LogP contribution in [0.1, 0.15) is 0 Å². The molecule has 96 valence electrons. The van der Waals surface area contributed by atoms with Gasteiger partial charge in [0.05, 0.1) is 17.4 Å². The lowest BCUT2D eigenvalue weighted by molar-refractivity contribution is 0.439. The van der Waals surface area contributed by atoms with E-state index >= 15 is 0 Å². The molecular weight excluding hydrogens is 332 g/mol. The van der Waals surface area contributed by atoms with E-state index in [1.807, 2.05) is 24.3 Å². The van der Waals surface area contributed by atoms with E-state index in [0.717, 1.165) is 10.0 Å². The van der Waals surface area contributed by atoms with Gasteiger partial charge in [0.2, 0.25) is 11.1 Å². The van der Waals surface area contributed by atoms with Crippen LogP contribution in [0.3, 0.4) is 0 Å². The zero-order valence-electron chi connectivity index (χ0n) is 9.56. The molecule has 1 aromatic carbocycles. The van der Waals surface area contributed by atoms with Gasteiger partial charge in [0, 0.05) is 4.47 Å². The molecule has 2 heterocycles. The summed E-state index contributed by atoms with van der Waals surface area (Å²) in [5.41, 5.74) is 8.68. The van der Waals surface area contributed by atoms with Crippen LogP contribution in [0.2, 0.25) is 5.22 Å². The van der Waals surface area contributed by atoms with Gasteiger partial charge in [-0.25, -0.2) is 0 Å². The minimum absolute atomic E-state index is 0.245. The summed E-state index contributed by atoms with van der Waals surface area (Å²) < 4.78 is 11.1. The first kappa shape index (κ1) is 12.3. The molecular formula is C13H8BrClN2O2. The first-order valence-corrected chi connectivity index (χ1v) is 6.58. The molecule has 0 saturated carbocycles. The van der Waals surface area contributed by atoms with Crippen LogP contribution >= 0.6 is 27.5 Å². The number of hydrogen-bond donors (Lipinski definition) is 1. The Bertz CT molecular complexity index is 719. The number of furan rings is 1. The average molecular weight is 340 g/mol. The molecule has 4 nitrogen and oxygen atoms in total. The van der Waals surface area contributed by atoms with Crippen LogP contribution < -0.4 is 5.73 Å². The molecule has 0 bridgehead atoms. The van der Waals surface area contributed by atoms with E-state index < -0.39 is 0 Å². The first-order chi connectivity index (χ1) is 9.16.